The lowest BCUT2D eigenvalue weighted by molar-refractivity contribution is -0.166. The average molecular weight is 345 g/mol. The van der Waals surface area contributed by atoms with E-state index in [1.54, 1.807) is 4.57 Å². The fraction of sp³-hybridized carbons (Fsp3) is 0.812. The predicted molar refractivity (Wildman–Crippen MR) is 88.3 cm³/mol. The molecule has 1 aliphatic rings. The quantitative estimate of drug-likeness (QED) is 0.472. The second-order valence-corrected chi connectivity index (χ2v) is 13.6. The van der Waals surface area contributed by atoms with Gasteiger partial charge in [0.15, 0.2) is 8.24 Å². The van der Waals surface area contributed by atoms with E-state index in [-0.39, 0.29) is 10.9 Å². The first-order valence-corrected chi connectivity index (χ1v) is 10.8. The molecule has 132 valence electrons. The molecular weight excluding hydrogens is 317 g/mol. The van der Waals surface area contributed by atoms with Crippen LogP contribution in [0.15, 0.2) is 0 Å². The maximum atomic E-state index is 14.5. The molecule has 0 aromatic carbocycles. The Balaban J connectivity index is 3.34. The van der Waals surface area contributed by atoms with Crippen LogP contribution in [0.1, 0.15) is 41.5 Å². The zero-order chi connectivity index (χ0) is 18.5. The third-order valence-electron chi connectivity index (χ3n) is 5.46. The zero-order valence-electron chi connectivity index (χ0n) is 15.2. The summed E-state index contributed by atoms with van der Waals surface area (Å²) in [4.78, 5) is 35.6. The molecule has 0 aromatic rings. The number of Topliss-reactive ketones (excluding diaryl/α,β-unsaturated/α-hetero) is 1. The number of carboxylic acid groups (broad SMARTS) is 1. The lowest BCUT2D eigenvalue weighted by atomic mass is 9.72. The molecule has 0 aromatic heterocycles. The van der Waals surface area contributed by atoms with Crippen LogP contribution in [0.4, 0.5) is 4.39 Å². The summed E-state index contributed by atoms with van der Waals surface area (Å²) < 4.78 is 16.2. The van der Waals surface area contributed by atoms with Crippen LogP contribution in [0.25, 0.3) is 0 Å². The highest BCUT2D eigenvalue weighted by atomic mass is 28.3. The number of carboxylic acids is 1. The highest BCUT2D eigenvalue weighted by Gasteiger charge is 2.63. The number of hydrogen-bond acceptors (Lipinski definition) is 3. The van der Waals surface area contributed by atoms with Crippen molar-refractivity contribution < 1.29 is 23.9 Å². The molecule has 0 radical (unpaired) electrons. The Morgan fingerprint density at radius 1 is 1.22 bits per heavy atom. The molecule has 0 bridgehead atoms. The van der Waals surface area contributed by atoms with Crippen molar-refractivity contribution in [2.45, 2.75) is 71.4 Å². The van der Waals surface area contributed by atoms with E-state index in [2.05, 4.69) is 0 Å². The van der Waals surface area contributed by atoms with Crippen molar-refractivity contribution in [2.75, 3.05) is 0 Å². The molecule has 1 fully saturated rings. The van der Waals surface area contributed by atoms with Crippen LogP contribution < -0.4 is 0 Å². The lowest BCUT2D eigenvalue weighted by Crippen LogP contribution is -2.77. The van der Waals surface area contributed by atoms with E-state index in [0.29, 0.717) is 0 Å². The summed E-state index contributed by atoms with van der Waals surface area (Å²) in [6, 6.07) is -0.702. The Morgan fingerprint density at radius 2 is 1.65 bits per heavy atom. The van der Waals surface area contributed by atoms with Crippen molar-refractivity contribution in [3.05, 3.63) is 0 Å². The molecule has 0 saturated carbocycles. The van der Waals surface area contributed by atoms with E-state index >= 15 is 0 Å². The highest BCUT2D eigenvalue weighted by Crippen LogP contribution is 2.49. The van der Waals surface area contributed by atoms with E-state index in [9.17, 15) is 18.8 Å². The average Bonchev–Trinajstić information content (AvgIpc) is 2.29. The number of β-lactam (4-membered cyclic amide) rings is 1. The summed E-state index contributed by atoms with van der Waals surface area (Å²) in [6.07, 6.45) is 0. The number of halogens is 1. The number of nitrogens with zero attached hydrogens (tertiary/aromatic N) is 1. The van der Waals surface area contributed by atoms with Gasteiger partial charge in [0.1, 0.15) is 5.67 Å². The largest absolute Gasteiger partial charge is 0.475 e. The first-order valence-electron chi connectivity index (χ1n) is 7.84. The highest BCUT2D eigenvalue weighted by molar-refractivity contribution is 6.80. The van der Waals surface area contributed by atoms with Crippen molar-refractivity contribution in [2.24, 2.45) is 11.8 Å². The Hall–Kier alpha value is -1.24. The van der Waals surface area contributed by atoms with Crippen LogP contribution in [0, 0.1) is 11.8 Å². The van der Waals surface area contributed by atoms with Crippen LogP contribution in [0.3, 0.4) is 0 Å². The van der Waals surface area contributed by atoms with Crippen LogP contribution in [0.2, 0.25) is 18.1 Å². The van der Waals surface area contributed by atoms with E-state index in [4.69, 9.17) is 5.11 Å². The molecule has 1 amide bonds. The minimum atomic E-state index is -2.34. The van der Waals surface area contributed by atoms with E-state index in [1.165, 1.54) is 20.8 Å². The molecule has 23 heavy (non-hydrogen) atoms. The van der Waals surface area contributed by atoms with Gasteiger partial charge in [0.05, 0.1) is 5.92 Å². The SMILES string of the molecule is CC(C(=O)C(=O)O)C1C(C(C)(C)F)C(=O)N1[Si](C)(C)C(C)(C)C. The lowest BCUT2D eigenvalue weighted by Gasteiger charge is -2.61. The van der Waals surface area contributed by atoms with Crippen LogP contribution in [-0.4, -0.2) is 47.3 Å². The molecule has 1 N–H and O–H groups in total. The maximum absolute atomic E-state index is 14.5. The summed E-state index contributed by atoms with van der Waals surface area (Å²) in [5, 5.41) is 8.81. The fourth-order valence-corrected chi connectivity index (χ4v) is 5.61. The van der Waals surface area contributed by atoms with Crippen molar-refractivity contribution in [1.29, 1.82) is 0 Å². The molecule has 1 rings (SSSR count). The molecule has 5 nitrogen and oxygen atoms in total. The number of aliphatic carboxylic acids is 1. The molecule has 1 saturated heterocycles. The summed E-state index contributed by atoms with van der Waals surface area (Å²) >= 11 is 0. The number of alkyl halides is 1. The van der Waals surface area contributed by atoms with Gasteiger partial charge >= 0.3 is 5.97 Å². The molecule has 3 unspecified atom stereocenters. The Bertz CT molecular complexity index is 533. The van der Waals surface area contributed by atoms with E-state index in [1.807, 2.05) is 33.9 Å². The molecule has 1 heterocycles. The Kier molecular flexibility index (Phi) is 4.89. The van der Waals surface area contributed by atoms with Crippen LogP contribution in [0.5, 0.6) is 0 Å². The van der Waals surface area contributed by atoms with Gasteiger partial charge in [-0.05, 0) is 18.9 Å². The van der Waals surface area contributed by atoms with E-state index in [0.717, 1.165) is 0 Å². The third kappa shape index (κ3) is 3.20. The predicted octanol–water partition coefficient (Wildman–Crippen LogP) is 2.86. The number of amides is 1. The first-order chi connectivity index (χ1) is 10.0. The monoisotopic (exact) mass is 345 g/mol. The fourth-order valence-electron chi connectivity index (χ4n) is 3.08. The number of rotatable bonds is 5. The minimum Gasteiger partial charge on any atom is -0.475 e. The smallest absolute Gasteiger partial charge is 0.372 e. The third-order valence-corrected chi connectivity index (χ3v) is 10.9. The molecular formula is C16H28FNO4Si. The molecule has 1 aliphatic heterocycles. The molecule has 0 spiro atoms. The van der Waals surface area contributed by atoms with Crippen molar-refractivity contribution in [1.82, 2.24) is 4.57 Å². The van der Waals surface area contributed by atoms with Gasteiger partial charge in [0.2, 0.25) is 11.7 Å². The second-order valence-electron chi connectivity index (χ2n) is 8.51. The van der Waals surface area contributed by atoms with Gasteiger partial charge in [-0.15, -0.1) is 0 Å². The number of carbonyl (C=O) groups is 3. The number of hydrogen-bond donors (Lipinski definition) is 1. The Morgan fingerprint density at radius 3 is 1.96 bits per heavy atom. The molecule has 7 heteroatoms. The van der Waals surface area contributed by atoms with Gasteiger partial charge in [-0.3, -0.25) is 9.59 Å². The molecule has 3 atom stereocenters. The standard InChI is InChI=1S/C16H28FNO4Si/c1-9(12(19)14(21)22)11-10(16(5,6)17)13(20)18(11)23(7,8)15(2,3)4/h9-11H,1-8H3,(H,21,22). The summed E-state index contributed by atoms with van der Waals surface area (Å²) in [6.45, 7) is 14.1. The van der Waals surface area contributed by atoms with Gasteiger partial charge in [-0.25, -0.2) is 9.18 Å². The number of ketones is 1. The van der Waals surface area contributed by atoms with Crippen LogP contribution in [-0.2, 0) is 14.4 Å². The van der Waals surface area contributed by atoms with Crippen molar-refractivity contribution in [3.63, 3.8) is 0 Å². The first kappa shape index (κ1) is 19.8. The maximum Gasteiger partial charge on any atom is 0.372 e. The number of carbonyl (C=O) groups excluding carboxylic acids is 2. The van der Waals surface area contributed by atoms with Gasteiger partial charge in [0.25, 0.3) is 0 Å². The van der Waals surface area contributed by atoms with Gasteiger partial charge in [-0.1, -0.05) is 40.8 Å². The van der Waals surface area contributed by atoms with E-state index < -0.39 is 43.5 Å². The van der Waals surface area contributed by atoms with Crippen molar-refractivity contribution in [3.8, 4) is 0 Å². The van der Waals surface area contributed by atoms with Gasteiger partial charge in [0, 0.05) is 12.0 Å². The van der Waals surface area contributed by atoms with Crippen molar-refractivity contribution >= 4 is 25.9 Å². The summed E-state index contributed by atoms with van der Waals surface area (Å²) in [5.41, 5.74) is -1.80. The van der Waals surface area contributed by atoms with Crippen LogP contribution >= 0.6 is 0 Å². The molecule has 0 aliphatic carbocycles. The Labute approximate surface area is 138 Å². The summed E-state index contributed by atoms with van der Waals surface area (Å²) in [7, 11) is -2.34. The summed E-state index contributed by atoms with van der Waals surface area (Å²) in [5.74, 6) is -4.73. The minimum absolute atomic E-state index is 0.182. The topological polar surface area (TPSA) is 74.7 Å². The van der Waals surface area contributed by atoms with Gasteiger partial charge < -0.3 is 9.67 Å². The normalized spacial score (nSPS) is 24.2. The zero-order valence-corrected chi connectivity index (χ0v) is 16.2. The second kappa shape index (κ2) is 5.68. The van der Waals surface area contributed by atoms with Gasteiger partial charge in [-0.2, -0.15) is 0 Å².